The summed E-state index contributed by atoms with van der Waals surface area (Å²) in [4.78, 5) is 26.7. The molecule has 0 radical (unpaired) electrons. The second-order valence-electron chi connectivity index (χ2n) is 7.56. The predicted octanol–water partition coefficient (Wildman–Crippen LogP) is 4.91. The van der Waals surface area contributed by atoms with E-state index in [2.05, 4.69) is 9.98 Å². The molecule has 0 fully saturated rings. The van der Waals surface area contributed by atoms with E-state index >= 15 is 0 Å². The highest BCUT2D eigenvalue weighted by molar-refractivity contribution is 6.30. The van der Waals surface area contributed by atoms with Gasteiger partial charge < -0.3 is 5.11 Å². The van der Waals surface area contributed by atoms with Crippen molar-refractivity contribution in [3.05, 3.63) is 65.4 Å². The predicted molar refractivity (Wildman–Crippen MR) is 124 cm³/mol. The summed E-state index contributed by atoms with van der Waals surface area (Å²) in [6, 6.07) is 12.8. The molecule has 160 valence electrons. The number of halogens is 1. The van der Waals surface area contributed by atoms with Crippen molar-refractivity contribution in [2.24, 2.45) is 10.9 Å². The van der Waals surface area contributed by atoms with Crippen LogP contribution in [0.1, 0.15) is 19.4 Å². The van der Waals surface area contributed by atoms with E-state index in [0.717, 1.165) is 22.4 Å². The van der Waals surface area contributed by atoms with Crippen LogP contribution in [0, 0.1) is 12.8 Å². The number of hydrogen-bond acceptors (Lipinski definition) is 5. The fourth-order valence-corrected chi connectivity index (χ4v) is 3.39. The average molecular weight is 437 g/mol. The second-order valence-corrected chi connectivity index (χ2v) is 8.00. The van der Waals surface area contributed by atoms with Crippen LogP contribution < -0.4 is 0 Å². The maximum absolute atomic E-state index is 11.6. The molecule has 3 rings (SSSR count). The second kappa shape index (κ2) is 10.3. The van der Waals surface area contributed by atoms with Gasteiger partial charge in [-0.05, 0) is 48.7 Å². The SMILES string of the molecule is Cc1cc(-c2ccc(Cl)cc2)nc(-c2cccnc2)c1N=CN(C=O)C(CO)C(C)C. The maximum atomic E-state index is 11.6. The molecule has 2 heterocycles. The Hall–Kier alpha value is -3.09. The number of amides is 1. The number of aromatic nitrogens is 2. The lowest BCUT2D eigenvalue weighted by molar-refractivity contribution is -0.117. The largest absolute Gasteiger partial charge is 0.394 e. The van der Waals surface area contributed by atoms with E-state index in [1.54, 1.807) is 12.4 Å². The molecular weight excluding hydrogens is 412 g/mol. The van der Waals surface area contributed by atoms with Crippen LogP contribution in [0.5, 0.6) is 0 Å². The van der Waals surface area contributed by atoms with Crippen molar-refractivity contribution in [1.29, 1.82) is 0 Å². The summed E-state index contributed by atoms with van der Waals surface area (Å²) >= 11 is 6.03. The van der Waals surface area contributed by atoms with Gasteiger partial charge >= 0.3 is 0 Å². The molecule has 1 unspecified atom stereocenters. The number of hydrogen-bond donors (Lipinski definition) is 1. The van der Waals surface area contributed by atoms with Crippen molar-refractivity contribution in [2.75, 3.05) is 6.61 Å². The highest BCUT2D eigenvalue weighted by Gasteiger charge is 2.19. The van der Waals surface area contributed by atoms with Gasteiger partial charge in [-0.3, -0.25) is 14.7 Å². The molecule has 31 heavy (non-hydrogen) atoms. The zero-order chi connectivity index (χ0) is 22.4. The Labute approximate surface area is 187 Å². The fraction of sp³-hybridized carbons (Fsp3) is 0.250. The van der Waals surface area contributed by atoms with Gasteiger partial charge in [-0.25, -0.2) is 9.98 Å². The van der Waals surface area contributed by atoms with E-state index in [1.807, 2.05) is 63.2 Å². The zero-order valence-corrected chi connectivity index (χ0v) is 18.5. The molecule has 0 bridgehead atoms. The highest BCUT2D eigenvalue weighted by Crippen LogP contribution is 2.34. The molecule has 6 nitrogen and oxygen atoms in total. The fourth-order valence-electron chi connectivity index (χ4n) is 3.27. The summed E-state index contributed by atoms with van der Waals surface area (Å²) in [5.74, 6) is 0.0750. The number of carbonyl (C=O) groups is 1. The highest BCUT2D eigenvalue weighted by atomic mass is 35.5. The van der Waals surface area contributed by atoms with E-state index in [4.69, 9.17) is 16.6 Å². The Morgan fingerprint density at radius 3 is 2.52 bits per heavy atom. The van der Waals surface area contributed by atoms with Crippen molar-refractivity contribution >= 4 is 30.0 Å². The first-order valence-electron chi connectivity index (χ1n) is 10.00. The van der Waals surface area contributed by atoms with E-state index in [0.29, 0.717) is 22.8 Å². The minimum Gasteiger partial charge on any atom is -0.394 e. The van der Waals surface area contributed by atoms with E-state index in [1.165, 1.54) is 11.2 Å². The van der Waals surface area contributed by atoms with E-state index in [-0.39, 0.29) is 18.6 Å². The number of aryl methyl sites for hydroxylation is 1. The number of pyridine rings is 2. The van der Waals surface area contributed by atoms with Gasteiger partial charge in [0, 0.05) is 28.5 Å². The lowest BCUT2D eigenvalue weighted by atomic mass is 10.0. The van der Waals surface area contributed by atoms with Crippen LogP contribution >= 0.6 is 11.6 Å². The van der Waals surface area contributed by atoms with Gasteiger partial charge in [-0.15, -0.1) is 0 Å². The number of aliphatic hydroxyl groups is 1. The molecule has 0 spiro atoms. The topological polar surface area (TPSA) is 78.7 Å². The van der Waals surface area contributed by atoms with Gasteiger partial charge in [0.25, 0.3) is 0 Å². The summed E-state index contributed by atoms with van der Waals surface area (Å²) < 4.78 is 0. The molecule has 0 saturated carbocycles. The molecule has 1 amide bonds. The minimum atomic E-state index is -0.357. The molecule has 1 N–H and O–H groups in total. The summed E-state index contributed by atoms with van der Waals surface area (Å²) in [5, 5.41) is 10.3. The monoisotopic (exact) mass is 436 g/mol. The Bertz CT molecular complexity index is 1050. The molecule has 7 heteroatoms. The van der Waals surface area contributed by atoms with E-state index in [9.17, 15) is 9.90 Å². The Kier molecular flexibility index (Phi) is 7.50. The number of carbonyl (C=O) groups excluding carboxylic acids is 1. The van der Waals surface area contributed by atoms with Crippen LogP contribution in [0.15, 0.2) is 59.9 Å². The summed E-state index contributed by atoms with van der Waals surface area (Å²) in [5.41, 5.74) is 4.72. The van der Waals surface area contributed by atoms with Gasteiger partial charge in [-0.2, -0.15) is 0 Å². The van der Waals surface area contributed by atoms with Gasteiger partial charge in [0.1, 0.15) is 0 Å². The standard InChI is InChI=1S/C24H25ClN4O2/c1-16(2)22(13-30)29(15-31)14-27-23-17(3)11-21(18-6-8-20(25)9-7-18)28-24(23)19-5-4-10-26-12-19/h4-12,14-16,22,30H,13H2,1-3H3. The number of aliphatic hydroxyl groups excluding tert-OH is 1. The molecule has 0 saturated heterocycles. The van der Waals surface area contributed by atoms with Gasteiger partial charge in [0.05, 0.1) is 36.1 Å². The Balaban J connectivity index is 2.11. The molecule has 1 atom stereocenters. The van der Waals surface area contributed by atoms with Crippen molar-refractivity contribution in [3.8, 4) is 22.5 Å². The molecule has 3 aromatic rings. The normalized spacial score (nSPS) is 12.3. The Morgan fingerprint density at radius 2 is 1.94 bits per heavy atom. The molecule has 2 aromatic heterocycles. The maximum Gasteiger partial charge on any atom is 0.215 e. The first kappa shape index (κ1) is 22.6. The first-order chi connectivity index (χ1) is 14.9. The van der Waals surface area contributed by atoms with Gasteiger partial charge in [0.15, 0.2) is 0 Å². The summed E-state index contributed by atoms with van der Waals surface area (Å²) in [6.07, 6.45) is 5.57. The van der Waals surface area contributed by atoms with Crippen LogP contribution in [0.3, 0.4) is 0 Å². The van der Waals surface area contributed by atoms with Gasteiger partial charge in [-0.1, -0.05) is 37.6 Å². The lowest BCUT2D eigenvalue weighted by Crippen LogP contribution is -2.39. The molecular formula is C24H25ClN4O2. The van der Waals surface area contributed by atoms with Crippen LogP contribution in [0.25, 0.3) is 22.5 Å². The number of benzene rings is 1. The minimum absolute atomic E-state index is 0.0750. The van der Waals surface area contributed by atoms with Crippen molar-refractivity contribution < 1.29 is 9.90 Å². The third kappa shape index (κ3) is 5.34. The quantitative estimate of drug-likeness (QED) is 0.309. The molecule has 1 aromatic carbocycles. The van der Waals surface area contributed by atoms with Crippen LogP contribution in [0.4, 0.5) is 5.69 Å². The van der Waals surface area contributed by atoms with Crippen molar-refractivity contribution in [3.63, 3.8) is 0 Å². The van der Waals surface area contributed by atoms with Gasteiger partial charge in [0.2, 0.25) is 6.41 Å². The number of rotatable bonds is 8. The zero-order valence-electron chi connectivity index (χ0n) is 17.7. The lowest BCUT2D eigenvalue weighted by Gasteiger charge is -2.26. The third-order valence-corrected chi connectivity index (χ3v) is 5.29. The van der Waals surface area contributed by atoms with Crippen LogP contribution in [0.2, 0.25) is 5.02 Å². The summed E-state index contributed by atoms with van der Waals surface area (Å²) in [7, 11) is 0. The summed E-state index contributed by atoms with van der Waals surface area (Å²) in [6.45, 7) is 5.69. The first-order valence-corrected chi connectivity index (χ1v) is 10.4. The van der Waals surface area contributed by atoms with Crippen molar-refractivity contribution in [2.45, 2.75) is 26.8 Å². The molecule has 0 aliphatic carbocycles. The van der Waals surface area contributed by atoms with Crippen LogP contribution in [-0.4, -0.2) is 45.4 Å². The van der Waals surface area contributed by atoms with Crippen molar-refractivity contribution in [1.82, 2.24) is 14.9 Å². The smallest absolute Gasteiger partial charge is 0.215 e. The average Bonchev–Trinajstić information content (AvgIpc) is 2.77. The number of aliphatic imine (C=N–C) groups is 1. The van der Waals surface area contributed by atoms with Crippen LogP contribution in [-0.2, 0) is 4.79 Å². The number of nitrogens with zero attached hydrogens (tertiary/aromatic N) is 4. The molecule has 0 aliphatic heterocycles. The Morgan fingerprint density at radius 1 is 1.19 bits per heavy atom. The molecule has 0 aliphatic rings. The third-order valence-electron chi connectivity index (χ3n) is 5.04. The van der Waals surface area contributed by atoms with E-state index < -0.39 is 0 Å².